The number of piperidine rings is 1. The van der Waals surface area contributed by atoms with E-state index in [4.69, 9.17) is 4.74 Å². The molecule has 0 radical (unpaired) electrons. The Bertz CT molecular complexity index is 910. The number of para-hydroxylation sites is 1. The van der Waals surface area contributed by atoms with E-state index < -0.39 is 0 Å². The summed E-state index contributed by atoms with van der Waals surface area (Å²) in [7, 11) is 0. The molecule has 33 heavy (non-hydrogen) atoms. The van der Waals surface area contributed by atoms with Crippen LogP contribution < -0.4 is 15.4 Å². The van der Waals surface area contributed by atoms with Crippen LogP contribution in [0.3, 0.4) is 0 Å². The number of hydrogen-bond donors (Lipinski definition) is 2. The number of nitrogens with zero attached hydrogens (tertiary/aromatic N) is 2. The van der Waals surface area contributed by atoms with Crippen LogP contribution in [0.1, 0.15) is 42.7 Å². The quantitative estimate of drug-likeness (QED) is 0.702. The van der Waals surface area contributed by atoms with Crippen molar-refractivity contribution in [2.75, 3.05) is 39.3 Å². The van der Waals surface area contributed by atoms with Gasteiger partial charge in [0.1, 0.15) is 12.4 Å². The minimum atomic E-state index is -0.337. The van der Waals surface area contributed by atoms with E-state index in [0.29, 0.717) is 26.2 Å². The second kappa shape index (κ2) is 11.6. The first-order chi connectivity index (χ1) is 16.1. The van der Waals surface area contributed by atoms with Crippen LogP contribution in [-0.4, -0.2) is 61.0 Å². The Morgan fingerprint density at radius 3 is 2.88 bits per heavy atom. The summed E-state index contributed by atoms with van der Waals surface area (Å²) >= 11 is 1.61. The van der Waals surface area contributed by atoms with Crippen molar-refractivity contribution in [2.45, 2.75) is 44.9 Å². The summed E-state index contributed by atoms with van der Waals surface area (Å²) in [4.78, 5) is 31.9. The number of fused-ring (bicyclic) bond motifs is 1. The average molecular weight is 471 g/mol. The smallest absolute Gasteiger partial charge is 0.234 e. The zero-order chi connectivity index (χ0) is 22.9. The lowest BCUT2D eigenvalue weighted by molar-refractivity contribution is -0.135. The van der Waals surface area contributed by atoms with Gasteiger partial charge < -0.3 is 15.4 Å². The minimum Gasteiger partial charge on any atom is -0.491 e. The van der Waals surface area contributed by atoms with Crippen molar-refractivity contribution in [3.63, 3.8) is 0 Å². The fourth-order valence-electron chi connectivity index (χ4n) is 4.82. The summed E-state index contributed by atoms with van der Waals surface area (Å²) in [5, 5.41) is 9.11. The van der Waals surface area contributed by atoms with Gasteiger partial charge >= 0.3 is 0 Å². The second-order valence-electron chi connectivity index (χ2n) is 9.00. The number of rotatable bonds is 5. The third-order valence-electron chi connectivity index (χ3n) is 6.78. The van der Waals surface area contributed by atoms with Gasteiger partial charge in [-0.2, -0.15) is 0 Å². The van der Waals surface area contributed by atoms with Crippen LogP contribution in [0.5, 0.6) is 5.75 Å². The molecule has 2 aliphatic heterocycles. The summed E-state index contributed by atoms with van der Waals surface area (Å²) in [6.45, 7) is 3.53. The van der Waals surface area contributed by atoms with Crippen molar-refractivity contribution in [2.24, 2.45) is 5.41 Å². The van der Waals surface area contributed by atoms with Crippen LogP contribution in [0.25, 0.3) is 0 Å². The molecule has 1 aromatic heterocycles. The van der Waals surface area contributed by atoms with E-state index >= 15 is 0 Å². The number of thiazole rings is 1. The zero-order valence-corrected chi connectivity index (χ0v) is 20.0. The first-order valence-corrected chi connectivity index (χ1v) is 12.9. The van der Waals surface area contributed by atoms with E-state index in [0.717, 1.165) is 68.8 Å². The molecule has 0 unspecified atom stereocenters. The maximum atomic E-state index is 13.2. The molecule has 178 valence electrons. The van der Waals surface area contributed by atoms with Gasteiger partial charge in [-0.25, -0.2) is 4.98 Å². The Morgan fingerprint density at radius 2 is 2.06 bits per heavy atom. The summed E-state index contributed by atoms with van der Waals surface area (Å²) in [6.07, 6.45) is 8.07. The molecule has 2 aromatic rings. The Hall–Kier alpha value is -2.45. The lowest BCUT2D eigenvalue weighted by Gasteiger charge is -2.40. The van der Waals surface area contributed by atoms with Crippen LogP contribution in [-0.2, 0) is 22.4 Å². The number of benzene rings is 1. The van der Waals surface area contributed by atoms with Crippen molar-refractivity contribution in [1.82, 2.24) is 20.5 Å². The number of likely N-dealkylation sites (tertiary alicyclic amines) is 1. The van der Waals surface area contributed by atoms with Gasteiger partial charge in [-0.15, -0.1) is 11.3 Å². The van der Waals surface area contributed by atoms with E-state index in [-0.39, 0.29) is 17.2 Å². The van der Waals surface area contributed by atoms with Gasteiger partial charge in [-0.1, -0.05) is 24.6 Å². The molecule has 1 saturated heterocycles. The monoisotopic (exact) mass is 470 g/mol. The minimum absolute atomic E-state index is 0.0430. The average Bonchev–Trinajstić information content (AvgIpc) is 3.34. The molecule has 4 rings (SSSR count). The largest absolute Gasteiger partial charge is 0.491 e. The summed E-state index contributed by atoms with van der Waals surface area (Å²) in [5.41, 5.74) is 0.908. The molecule has 0 saturated carbocycles. The van der Waals surface area contributed by atoms with Gasteiger partial charge in [0.2, 0.25) is 11.8 Å². The summed E-state index contributed by atoms with van der Waals surface area (Å²) in [6, 6.07) is 8.20. The number of carbonyl (C=O) groups excluding carboxylic acids is 2. The SMILES string of the molecule is O=C(CN1CCC2(CCCCc3ccccc3OCCNC2=O)CC1)NCCc1nccs1. The Morgan fingerprint density at radius 1 is 1.21 bits per heavy atom. The Kier molecular flexibility index (Phi) is 8.34. The molecule has 0 aliphatic carbocycles. The van der Waals surface area contributed by atoms with Crippen LogP contribution in [0.2, 0.25) is 0 Å². The first-order valence-electron chi connectivity index (χ1n) is 12.0. The zero-order valence-electron chi connectivity index (χ0n) is 19.2. The number of ether oxygens (including phenoxy) is 1. The topological polar surface area (TPSA) is 83.6 Å². The molecular formula is C25H34N4O3S. The number of aryl methyl sites for hydroxylation is 1. The molecule has 7 nitrogen and oxygen atoms in total. The number of carbonyl (C=O) groups is 2. The van der Waals surface area contributed by atoms with Crippen molar-refractivity contribution in [1.29, 1.82) is 0 Å². The highest BCUT2D eigenvalue weighted by atomic mass is 32.1. The fraction of sp³-hybridized carbons (Fsp3) is 0.560. The van der Waals surface area contributed by atoms with E-state index in [9.17, 15) is 9.59 Å². The van der Waals surface area contributed by atoms with Crippen LogP contribution in [0.4, 0.5) is 0 Å². The normalized spacial score (nSPS) is 19.5. The van der Waals surface area contributed by atoms with Gasteiger partial charge in [0.05, 0.1) is 23.5 Å². The van der Waals surface area contributed by atoms with E-state index in [1.165, 1.54) is 5.56 Å². The molecular weight excluding hydrogens is 436 g/mol. The van der Waals surface area contributed by atoms with E-state index in [2.05, 4.69) is 32.7 Å². The molecule has 0 bridgehead atoms. The summed E-state index contributed by atoms with van der Waals surface area (Å²) < 4.78 is 5.93. The highest BCUT2D eigenvalue weighted by molar-refractivity contribution is 7.09. The predicted molar refractivity (Wildman–Crippen MR) is 129 cm³/mol. The number of amides is 2. The molecule has 0 atom stereocenters. The van der Waals surface area contributed by atoms with E-state index in [1.54, 1.807) is 17.5 Å². The predicted octanol–water partition coefficient (Wildman–Crippen LogP) is 2.81. The lowest BCUT2D eigenvalue weighted by atomic mass is 9.73. The highest BCUT2D eigenvalue weighted by Gasteiger charge is 2.40. The molecule has 1 aromatic carbocycles. The van der Waals surface area contributed by atoms with Crippen molar-refractivity contribution < 1.29 is 14.3 Å². The number of hydrogen-bond acceptors (Lipinski definition) is 6. The molecule has 2 N–H and O–H groups in total. The highest BCUT2D eigenvalue weighted by Crippen LogP contribution is 2.37. The van der Waals surface area contributed by atoms with Gasteiger partial charge in [-0.05, 0) is 56.8 Å². The van der Waals surface area contributed by atoms with Gasteiger partial charge in [0, 0.05) is 24.5 Å². The fourth-order valence-corrected chi connectivity index (χ4v) is 5.44. The second-order valence-corrected chi connectivity index (χ2v) is 9.98. The number of nitrogens with one attached hydrogen (secondary N) is 2. The van der Waals surface area contributed by atoms with Crippen LogP contribution in [0.15, 0.2) is 35.8 Å². The third-order valence-corrected chi connectivity index (χ3v) is 7.62. The van der Waals surface area contributed by atoms with Crippen LogP contribution >= 0.6 is 11.3 Å². The maximum absolute atomic E-state index is 13.2. The molecule has 1 fully saturated rings. The lowest BCUT2D eigenvalue weighted by Crippen LogP contribution is -2.51. The third kappa shape index (κ3) is 6.54. The van der Waals surface area contributed by atoms with Crippen molar-refractivity contribution in [3.05, 3.63) is 46.4 Å². The van der Waals surface area contributed by atoms with Crippen LogP contribution in [0, 0.1) is 5.41 Å². The molecule has 2 aliphatic rings. The number of aromatic nitrogens is 1. The first kappa shape index (κ1) is 23.7. The molecule has 2 amide bonds. The van der Waals surface area contributed by atoms with E-state index in [1.807, 2.05) is 17.5 Å². The molecule has 8 heteroatoms. The van der Waals surface area contributed by atoms with Gasteiger partial charge in [-0.3, -0.25) is 14.5 Å². The Balaban J connectivity index is 1.26. The Labute approximate surface area is 199 Å². The van der Waals surface area contributed by atoms with Crippen molar-refractivity contribution in [3.8, 4) is 5.75 Å². The molecule has 1 spiro atoms. The van der Waals surface area contributed by atoms with Gasteiger partial charge in [0.15, 0.2) is 0 Å². The standard InChI is InChI=1S/C25H34N4O3S/c30-22(26-12-8-23-27-14-18-33-23)19-29-15-10-25(11-16-29)9-4-3-6-20-5-1-2-7-21(20)32-17-13-28-24(25)31/h1-2,5,7,14,18H,3-4,6,8-13,15-17,19H2,(H,26,30)(H,28,31). The molecule has 3 heterocycles. The van der Waals surface area contributed by atoms with Gasteiger partial charge in [0.25, 0.3) is 0 Å². The van der Waals surface area contributed by atoms with Crippen molar-refractivity contribution >= 4 is 23.2 Å². The maximum Gasteiger partial charge on any atom is 0.234 e. The summed E-state index contributed by atoms with van der Waals surface area (Å²) in [5.74, 6) is 1.12.